The molecule has 3 rings (SSSR count). The number of rotatable bonds is 4. The van der Waals surface area contributed by atoms with Gasteiger partial charge in [-0.1, -0.05) is 73.0 Å². The van der Waals surface area contributed by atoms with Gasteiger partial charge in [0.25, 0.3) is 0 Å². The Balaban J connectivity index is 1.86. The molecular formula is C20H23NO. The van der Waals surface area contributed by atoms with Gasteiger partial charge in [0.1, 0.15) is 0 Å². The van der Waals surface area contributed by atoms with Gasteiger partial charge in [-0.2, -0.15) is 0 Å². The molecule has 1 aliphatic rings. The average molecular weight is 293 g/mol. The van der Waals surface area contributed by atoms with Crippen LogP contribution in [0.5, 0.6) is 0 Å². The summed E-state index contributed by atoms with van der Waals surface area (Å²) in [4.78, 5) is 12.6. The molecule has 1 N–H and O–H groups in total. The Labute approximate surface area is 132 Å². The van der Waals surface area contributed by atoms with Crippen molar-refractivity contribution in [1.29, 1.82) is 0 Å². The molecule has 0 heterocycles. The van der Waals surface area contributed by atoms with Crippen molar-refractivity contribution in [3.8, 4) is 0 Å². The van der Waals surface area contributed by atoms with Gasteiger partial charge < -0.3 is 5.32 Å². The molecule has 2 nitrogen and oxygen atoms in total. The first-order valence-corrected chi connectivity index (χ1v) is 8.16. The van der Waals surface area contributed by atoms with E-state index in [1.807, 2.05) is 18.2 Å². The third kappa shape index (κ3) is 3.38. The van der Waals surface area contributed by atoms with Gasteiger partial charge in [0.2, 0.25) is 5.91 Å². The number of hydrogen-bond donors (Lipinski definition) is 1. The largest absolute Gasteiger partial charge is 0.345 e. The van der Waals surface area contributed by atoms with Gasteiger partial charge in [-0.3, -0.25) is 4.79 Å². The van der Waals surface area contributed by atoms with E-state index in [0.717, 1.165) is 24.0 Å². The van der Waals surface area contributed by atoms with Crippen molar-refractivity contribution < 1.29 is 4.79 Å². The van der Waals surface area contributed by atoms with Crippen LogP contribution < -0.4 is 5.32 Å². The van der Waals surface area contributed by atoms with Crippen molar-refractivity contribution in [2.45, 2.75) is 38.6 Å². The van der Waals surface area contributed by atoms with Gasteiger partial charge in [0, 0.05) is 5.92 Å². The summed E-state index contributed by atoms with van der Waals surface area (Å²) < 4.78 is 0. The third-order valence-corrected chi connectivity index (χ3v) is 4.56. The van der Waals surface area contributed by atoms with Crippen molar-refractivity contribution in [1.82, 2.24) is 5.32 Å². The van der Waals surface area contributed by atoms with Crippen molar-refractivity contribution in [2.75, 3.05) is 0 Å². The fourth-order valence-electron chi connectivity index (χ4n) is 3.21. The van der Waals surface area contributed by atoms with Crippen LogP contribution in [0.4, 0.5) is 0 Å². The molecule has 1 unspecified atom stereocenters. The smallest absolute Gasteiger partial charge is 0.223 e. The Morgan fingerprint density at radius 1 is 0.955 bits per heavy atom. The molecule has 0 saturated heterocycles. The number of carbonyl (C=O) groups excluding carboxylic acids is 1. The lowest BCUT2D eigenvalue weighted by molar-refractivity contribution is -0.125. The van der Waals surface area contributed by atoms with Gasteiger partial charge in [-0.25, -0.2) is 0 Å². The Morgan fingerprint density at radius 2 is 1.55 bits per heavy atom. The van der Waals surface area contributed by atoms with Crippen molar-refractivity contribution in [2.24, 2.45) is 5.92 Å². The molecule has 1 saturated carbocycles. The van der Waals surface area contributed by atoms with E-state index in [4.69, 9.17) is 0 Å². The zero-order chi connectivity index (χ0) is 15.4. The predicted molar refractivity (Wildman–Crippen MR) is 89.6 cm³/mol. The summed E-state index contributed by atoms with van der Waals surface area (Å²) in [5, 5.41) is 3.27. The zero-order valence-corrected chi connectivity index (χ0v) is 13.1. The van der Waals surface area contributed by atoms with Crippen LogP contribution in [0.15, 0.2) is 54.6 Å². The van der Waals surface area contributed by atoms with Gasteiger partial charge in [0.05, 0.1) is 6.04 Å². The molecule has 0 aromatic heterocycles. The molecule has 0 aliphatic heterocycles. The highest BCUT2D eigenvalue weighted by molar-refractivity contribution is 5.79. The Hall–Kier alpha value is -2.09. The molecule has 0 bridgehead atoms. The summed E-state index contributed by atoms with van der Waals surface area (Å²) in [5.41, 5.74) is 3.51. The fraction of sp³-hybridized carbons (Fsp3) is 0.350. The number of aryl methyl sites for hydroxylation is 1. The second-order valence-electron chi connectivity index (χ2n) is 6.24. The molecule has 114 valence electrons. The van der Waals surface area contributed by atoms with E-state index >= 15 is 0 Å². The quantitative estimate of drug-likeness (QED) is 0.890. The average Bonchev–Trinajstić information content (AvgIpc) is 3.09. The molecule has 1 amide bonds. The molecule has 1 fully saturated rings. The Bertz CT molecular complexity index is 612. The van der Waals surface area contributed by atoms with Crippen LogP contribution in [-0.4, -0.2) is 5.91 Å². The summed E-state index contributed by atoms with van der Waals surface area (Å²) in [6, 6.07) is 18.6. The van der Waals surface area contributed by atoms with Crippen LogP contribution in [0.2, 0.25) is 0 Å². The fourth-order valence-corrected chi connectivity index (χ4v) is 3.21. The normalized spacial score (nSPS) is 16.4. The van der Waals surface area contributed by atoms with Crippen LogP contribution in [-0.2, 0) is 4.79 Å². The Morgan fingerprint density at radius 3 is 2.18 bits per heavy atom. The van der Waals surface area contributed by atoms with Gasteiger partial charge in [-0.15, -0.1) is 0 Å². The second-order valence-corrected chi connectivity index (χ2v) is 6.24. The van der Waals surface area contributed by atoms with Crippen molar-refractivity contribution >= 4 is 5.91 Å². The van der Waals surface area contributed by atoms with E-state index in [0.29, 0.717) is 0 Å². The minimum Gasteiger partial charge on any atom is -0.345 e. The summed E-state index contributed by atoms with van der Waals surface area (Å²) in [6.07, 6.45) is 4.42. The third-order valence-electron chi connectivity index (χ3n) is 4.56. The molecule has 0 radical (unpaired) electrons. The summed E-state index contributed by atoms with van der Waals surface area (Å²) in [7, 11) is 0. The van der Waals surface area contributed by atoms with E-state index in [-0.39, 0.29) is 17.9 Å². The molecule has 1 aliphatic carbocycles. The topological polar surface area (TPSA) is 29.1 Å². The lowest BCUT2D eigenvalue weighted by atomic mass is 9.96. The van der Waals surface area contributed by atoms with Crippen molar-refractivity contribution in [3.05, 3.63) is 71.3 Å². The number of amides is 1. The first-order valence-electron chi connectivity index (χ1n) is 8.16. The maximum Gasteiger partial charge on any atom is 0.223 e. The zero-order valence-electron chi connectivity index (χ0n) is 13.1. The highest BCUT2D eigenvalue weighted by Crippen LogP contribution is 2.28. The number of nitrogens with one attached hydrogen (secondary N) is 1. The van der Waals surface area contributed by atoms with E-state index in [9.17, 15) is 4.79 Å². The summed E-state index contributed by atoms with van der Waals surface area (Å²) in [5.74, 6) is 0.392. The standard InChI is InChI=1S/C20H23NO/c1-15-11-13-17(14-12-15)19(16-7-3-2-4-8-16)21-20(22)18-9-5-6-10-18/h2-4,7-8,11-14,18-19H,5-6,9-10H2,1H3,(H,21,22). The van der Waals surface area contributed by atoms with Crippen LogP contribution in [0.3, 0.4) is 0 Å². The maximum absolute atomic E-state index is 12.6. The minimum absolute atomic E-state index is 0.0603. The van der Waals surface area contributed by atoms with Gasteiger partial charge in [-0.05, 0) is 30.9 Å². The summed E-state index contributed by atoms with van der Waals surface area (Å²) >= 11 is 0. The van der Waals surface area contributed by atoms with E-state index in [2.05, 4.69) is 48.6 Å². The molecule has 1 atom stereocenters. The SMILES string of the molecule is Cc1ccc(C(NC(=O)C2CCCC2)c2ccccc2)cc1. The lowest BCUT2D eigenvalue weighted by Gasteiger charge is -2.22. The van der Waals surface area contributed by atoms with Crippen LogP contribution in [0.25, 0.3) is 0 Å². The molecule has 0 spiro atoms. The molecule has 2 aromatic carbocycles. The van der Waals surface area contributed by atoms with E-state index < -0.39 is 0 Å². The number of carbonyl (C=O) groups is 1. The van der Waals surface area contributed by atoms with Gasteiger partial charge >= 0.3 is 0 Å². The molecule has 2 aromatic rings. The summed E-state index contributed by atoms with van der Waals surface area (Å²) in [6.45, 7) is 2.08. The molecule has 22 heavy (non-hydrogen) atoms. The lowest BCUT2D eigenvalue weighted by Crippen LogP contribution is -2.33. The maximum atomic E-state index is 12.6. The monoisotopic (exact) mass is 293 g/mol. The van der Waals surface area contributed by atoms with Gasteiger partial charge in [0.15, 0.2) is 0 Å². The highest BCUT2D eigenvalue weighted by atomic mass is 16.1. The Kier molecular flexibility index (Phi) is 4.57. The molecule has 2 heteroatoms. The highest BCUT2D eigenvalue weighted by Gasteiger charge is 2.25. The van der Waals surface area contributed by atoms with Crippen molar-refractivity contribution in [3.63, 3.8) is 0 Å². The number of benzene rings is 2. The first kappa shape index (κ1) is 14.8. The first-order chi connectivity index (χ1) is 10.7. The predicted octanol–water partition coefficient (Wildman–Crippen LogP) is 4.39. The van der Waals surface area contributed by atoms with E-state index in [1.54, 1.807) is 0 Å². The van der Waals surface area contributed by atoms with Crippen LogP contribution >= 0.6 is 0 Å². The van der Waals surface area contributed by atoms with E-state index in [1.165, 1.54) is 18.4 Å². The van der Waals surface area contributed by atoms with Crippen LogP contribution in [0, 0.1) is 12.8 Å². The number of hydrogen-bond acceptors (Lipinski definition) is 1. The minimum atomic E-state index is -0.0603. The van der Waals surface area contributed by atoms with Crippen LogP contribution in [0.1, 0.15) is 48.4 Å². The second kappa shape index (κ2) is 6.78. The molecular weight excluding hydrogens is 270 g/mol.